The molecule has 0 fully saturated rings. The molecule has 5 heteroatoms. The van der Waals surface area contributed by atoms with E-state index in [-0.39, 0.29) is 17.1 Å². The number of unbranched alkanes of at least 4 members (excludes halogenated alkanes) is 2. The highest BCUT2D eigenvalue weighted by Crippen LogP contribution is 2.23. The van der Waals surface area contributed by atoms with Crippen molar-refractivity contribution in [3.63, 3.8) is 0 Å². The van der Waals surface area contributed by atoms with Crippen molar-refractivity contribution in [1.82, 2.24) is 0 Å². The molecule has 0 spiro atoms. The summed E-state index contributed by atoms with van der Waals surface area (Å²) in [5.41, 5.74) is 0.237. The Hall–Kier alpha value is -1.52. The summed E-state index contributed by atoms with van der Waals surface area (Å²) >= 11 is 0. The van der Waals surface area contributed by atoms with E-state index in [1.54, 1.807) is 0 Å². The molecule has 1 aromatic carbocycles. The lowest BCUT2D eigenvalue weighted by Crippen LogP contribution is -2.17. The molecule has 0 aliphatic carbocycles. The Labute approximate surface area is 104 Å². The van der Waals surface area contributed by atoms with Gasteiger partial charge in [-0.25, -0.2) is 0 Å². The molecule has 1 radical (unpaired) electrons. The second kappa shape index (κ2) is 6.42. The Morgan fingerprint density at radius 1 is 1.28 bits per heavy atom. The summed E-state index contributed by atoms with van der Waals surface area (Å²) in [6, 6.07) is 5.13. The molecule has 0 heterocycles. The fourth-order valence-electron chi connectivity index (χ4n) is 1.47. The van der Waals surface area contributed by atoms with Gasteiger partial charge in [-0.3, -0.25) is 4.79 Å². The Bertz CT molecular complexity index is 399. The van der Waals surface area contributed by atoms with Crippen molar-refractivity contribution in [1.29, 1.82) is 0 Å². The molecule has 0 saturated heterocycles. The molecule has 18 heavy (non-hydrogen) atoms. The maximum absolute atomic E-state index is 12.0. The van der Waals surface area contributed by atoms with E-state index in [1.165, 1.54) is 18.2 Å². The van der Waals surface area contributed by atoms with Crippen molar-refractivity contribution in [2.75, 3.05) is 0 Å². The predicted molar refractivity (Wildman–Crippen MR) is 61.3 cm³/mol. The highest BCUT2D eigenvalue weighted by Gasteiger charge is 2.31. The number of carbonyl (C=O) groups is 1. The van der Waals surface area contributed by atoms with Gasteiger partial charge in [-0.2, -0.15) is 0 Å². The zero-order valence-corrected chi connectivity index (χ0v) is 9.80. The summed E-state index contributed by atoms with van der Waals surface area (Å²) in [5.74, 6) is -0.554. The number of Topliss-reactive ketones (excluding diaryl/α,β-unsaturated/α-hetero) is 1. The number of halogens is 3. The molecule has 2 nitrogen and oxygen atoms in total. The van der Waals surface area contributed by atoms with Crippen LogP contribution in [-0.4, -0.2) is 12.1 Å². The molecule has 0 saturated carbocycles. The molecule has 99 valence electrons. The molecule has 0 amide bonds. The molecule has 1 rings (SSSR count). The maximum Gasteiger partial charge on any atom is 0.573 e. The van der Waals surface area contributed by atoms with Gasteiger partial charge in [-0.05, 0) is 18.6 Å². The zero-order valence-electron chi connectivity index (χ0n) is 9.80. The number of ether oxygens (including phenoxy) is 1. The second-order valence-electron chi connectivity index (χ2n) is 3.81. The van der Waals surface area contributed by atoms with Crippen LogP contribution in [0.2, 0.25) is 0 Å². The van der Waals surface area contributed by atoms with Crippen LogP contribution in [0.1, 0.15) is 36.0 Å². The van der Waals surface area contributed by atoms with Gasteiger partial charge in [0, 0.05) is 12.0 Å². The third kappa shape index (κ3) is 5.21. The smallest absolute Gasteiger partial charge is 0.406 e. The van der Waals surface area contributed by atoms with E-state index < -0.39 is 6.36 Å². The molecule has 0 bridgehead atoms. The fourth-order valence-corrected chi connectivity index (χ4v) is 1.47. The predicted octanol–water partition coefficient (Wildman–Crippen LogP) is 4.16. The van der Waals surface area contributed by atoms with E-state index >= 15 is 0 Å². The van der Waals surface area contributed by atoms with Crippen LogP contribution in [0.5, 0.6) is 5.75 Å². The van der Waals surface area contributed by atoms with Crippen molar-refractivity contribution in [3.8, 4) is 5.75 Å². The Kier molecular flexibility index (Phi) is 5.19. The average molecular weight is 259 g/mol. The third-order valence-corrected chi connectivity index (χ3v) is 2.29. The summed E-state index contributed by atoms with van der Waals surface area (Å²) in [6.45, 7) is 3.65. The Morgan fingerprint density at radius 3 is 2.61 bits per heavy atom. The van der Waals surface area contributed by atoms with Crippen molar-refractivity contribution < 1.29 is 22.7 Å². The van der Waals surface area contributed by atoms with E-state index in [0.29, 0.717) is 12.8 Å². The number of hydrogen-bond acceptors (Lipinski definition) is 2. The Balaban J connectivity index is 2.66. The van der Waals surface area contributed by atoms with Crippen LogP contribution >= 0.6 is 0 Å². The monoisotopic (exact) mass is 259 g/mol. The lowest BCUT2D eigenvalue weighted by Gasteiger charge is -2.09. The molecule has 1 aromatic rings. The van der Waals surface area contributed by atoms with Gasteiger partial charge in [0.15, 0.2) is 5.78 Å². The molecule has 0 N–H and O–H groups in total. The van der Waals surface area contributed by atoms with E-state index in [0.717, 1.165) is 18.9 Å². The molecular weight excluding hydrogens is 245 g/mol. The summed E-state index contributed by atoms with van der Waals surface area (Å²) in [7, 11) is 0. The van der Waals surface area contributed by atoms with Gasteiger partial charge in [0.1, 0.15) is 5.75 Å². The van der Waals surface area contributed by atoms with E-state index in [1.807, 2.05) is 0 Å². The molecule has 0 unspecified atom stereocenters. The largest absolute Gasteiger partial charge is 0.573 e. The minimum absolute atomic E-state index is 0.184. The highest BCUT2D eigenvalue weighted by molar-refractivity contribution is 5.96. The van der Waals surface area contributed by atoms with Gasteiger partial charge in [0.05, 0.1) is 0 Å². The summed E-state index contributed by atoms with van der Waals surface area (Å²) in [5, 5.41) is 0. The Morgan fingerprint density at radius 2 is 2.00 bits per heavy atom. The first kappa shape index (κ1) is 14.5. The van der Waals surface area contributed by atoms with Gasteiger partial charge in [-0.15, -0.1) is 13.2 Å². The molecule has 0 aromatic heterocycles. The van der Waals surface area contributed by atoms with Crippen LogP contribution in [-0.2, 0) is 0 Å². The number of hydrogen-bond donors (Lipinski definition) is 0. The van der Waals surface area contributed by atoms with E-state index in [2.05, 4.69) is 11.7 Å². The molecule has 0 aliphatic rings. The molecular formula is C13H14F3O2. The zero-order chi connectivity index (χ0) is 13.6. The van der Waals surface area contributed by atoms with Crippen molar-refractivity contribution in [3.05, 3.63) is 36.8 Å². The van der Waals surface area contributed by atoms with Crippen molar-refractivity contribution in [2.24, 2.45) is 0 Å². The van der Waals surface area contributed by atoms with E-state index in [9.17, 15) is 18.0 Å². The van der Waals surface area contributed by atoms with Crippen LogP contribution in [0.15, 0.2) is 24.3 Å². The van der Waals surface area contributed by atoms with Crippen LogP contribution in [0.25, 0.3) is 0 Å². The van der Waals surface area contributed by atoms with Gasteiger partial charge in [0.25, 0.3) is 0 Å². The average Bonchev–Trinajstić information content (AvgIpc) is 2.27. The third-order valence-electron chi connectivity index (χ3n) is 2.29. The van der Waals surface area contributed by atoms with Gasteiger partial charge in [-0.1, -0.05) is 31.9 Å². The standard InChI is InChI=1S/C13H14F3O2/c1-2-3-4-8-12(17)10-6-5-7-11(9-10)18-13(14,15)16/h5-7,9H,1-4,8H2. The lowest BCUT2D eigenvalue weighted by molar-refractivity contribution is -0.274. The summed E-state index contributed by atoms with van der Waals surface area (Å²) in [4.78, 5) is 11.7. The SMILES string of the molecule is [CH2]CCCCC(=O)c1cccc(OC(F)(F)F)c1. The second-order valence-corrected chi connectivity index (χ2v) is 3.81. The minimum Gasteiger partial charge on any atom is -0.406 e. The van der Waals surface area contributed by atoms with Crippen LogP contribution in [0, 0.1) is 6.92 Å². The highest BCUT2D eigenvalue weighted by atomic mass is 19.4. The lowest BCUT2D eigenvalue weighted by atomic mass is 10.0. The summed E-state index contributed by atoms with van der Waals surface area (Å²) in [6.07, 6.45) is -2.18. The number of alkyl halides is 3. The van der Waals surface area contributed by atoms with Crippen LogP contribution in [0.4, 0.5) is 13.2 Å². The molecule has 0 atom stereocenters. The van der Waals surface area contributed by atoms with Gasteiger partial charge < -0.3 is 4.74 Å². The van der Waals surface area contributed by atoms with Crippen molar-refractivity contribution >= 4 is 5.78 Å². The number of ketones is 1. The molecule has 0 aliphatic heterocycles. The topological polar surface area (TPSA) is 26.3 Å². The fraction of sp³-hybridized carbons (Fsp3) is 0.385. The first-order chi connectivity index (χ1) is 8.42. The van der Waals surface area contributed by atoms with E-state index in [4.69, 9.17) is 0 Å². The number of carbonyl (C=O) groups excluding carboxylic acids is 1. The minimum atomic E-state index is -4.74. The number of rotatable bonds is 6. The quantitative estimate of drug-likeness (QED) is 0.566. The number of benzene rings is 1. The normalized spacial score (nSPS) is 11.3. The van der Waals surface area contributed by atoms with Crippen LogP contribution < -0.4 is 4.74 Å². The summed E-state index contributed by atoms with van der Waals surface area (Å²) < 4.78 is 39.8. The van der Waals surface area contributed by atoms with Gasteiger partial charge in [0.2, 0.25) is 0 Å². The first-order valence-corrected chi connectivity index (χ1v) is 5.60. The maximum atomic E-state index is 12.0. The first-order valence-electron chi connectivity index (χ1n) is 5.60. The van der Waals surface area contributed by atoms with Crippen LogP contribution in [0.3, 0.4) is 0 Å². The van der Waals surface area contributed by atoms with Crippen molar-refractivity contribution in [2.45, 2.75) is 32.0 Å². The van der Waals surface area contributed by atoms with Gasteiger partial charge >= 0.3 is 6.36 Å².